The van der Waals surface area contributed by atoms with E-state index < -0.39 is 0 Å². The monoisotopic (exact) mass is 638 g/mol. The molecule has 0 saturated heterocycles. The number of anilines is 2. The highest BCUT2D eigenvalue weighted by molar-refractivity contribution is 6.12. The molecular weight excluding hydrogens is 605 g/mol. The molecule has 2 nitrogen and oxygen atoms in total. The molecule has 0 spiro atoms. The van der Waals surface area contributed by atoms with Gasteiger partial charge in [0.25, 0.3) is 0 Å². The standard InChI is InChI=1S/C48H34N2/c1-48-29-28-34-17-9-11-21-38(34)47(48)46-37-20-10-8-16-33(37)24-26-45(46)50(48)44-27-25-40(39-22-12-13-23-41(39)44)43-31-36(32-14-4-2-5-15-32)30-42(49-43)35-18-6-3-7-19-35/h2-28,30-31H,29H2,1H3. The van der Waals surface area contributed by atoms with Crippen LogP contribution in [0.5, 0.6) is 0 Å². The van der Waals surface area contributed by atoms with E-state index in [-0.39, 0.29) is 5.54 Å². The summed E-state index contributed by atoms with van der Waals surface area (Å²) in [7, 11) is 0. The van der Waals surface area contributed by atoms with Crippen molar-refractivity contribution in [3.05, 3.63) is 186 Å². The van der Waals surface area contributed by atoms with Crippen LogP contribution in [-0.4, -0.2) is 10.5 Å². The Labute approximate surface area is 291 Å². The van der Waals surface area contributed by atoms with E-state index in [9.17, 15) is 0 Å². The van der Waals surface area contributed by atoms with E-state index in [0.717, 1.165) is 34.5 Å². The Morgan fingerprint density at radius 2 is 1.16 bits per heavy atom. The van der Waals surface area contributed by atoms with Gasteiger partial charge in [0.15, 0.2) is 0 Å². The van der Waals surface area contributed by atoms with Crippen LogP contribution in [0.4, 0.5) is 11.4 Å². The van der Waals surface area contributed by atoms with E-state index in [1.165, 1.54) is 60.1 Å². The van der Waals surface area contributed by atoms with Crippen molar-refractivity contribution in [2.45, 2.75) is 18.9 Å². The van der Waals surface area contributed by atoms with Gasteiger partial charge in [0, 0.05) is 27.8 Å². The van der Waals surface area contributed by atoms with Gasteiger partial charge in [-0.25, -0.2) is 4.98 Å². The highest BCUT2D eigenvalue weighted by Crippen LogP contribution is 2.55. The van der Waals surface area contributed by atoms with Crippen molar-refractivity contribution >= 4 is 44.6 Å². The van der Waals surface area contributed by atoms with E-state index in [1.807, 2.05) is 0 Å². The van der Waals surface area contributed by atoms with Gasteiger partial charge in [-0.3, -0.25) is 0 Å². The molecule has 0 fully saturated rings. The molecule has 0 amide bonds. The number of hydrogen-bond acceptors (Lipinski definition) is 2. The highest BCUT2D eigenvalue weighted by atomic mass is 15.2. The summed E-state index contributed by atoms with van der Waals surface area (Å²) in [6, 6.07) is 61.5. The van der Waals surface area contributed by atoms with Crippen LogP contribution in [0.15, 0.2) is 170 Å². The van der Waals surface area contributed by atoms with Crippen molar-refractivity contribution in [2.75, 3.05) is 4.90 Å². The number of pyridine rings is 1. The molecule has 8 aromatic rings. The minimum absolute atomic E-state index is 0.267. The fourth-order valence-electron chi connectivity index (χ4n) is 8.51. The van der Waals surface area contributed by atoms with Gasteiger partial charge in [0.2, 0.25) is 0 Å². The molecule has 0 saturated carbocycles. The SMILES string of the molecule is CC12CC=c3ccccc3=C1c1c(ccc3ccccc13)N2c1ccc(-c2cc(-c3ccccc3)cc(-c3ccccc3)n2)c2ccccc12. The number of rotatable bonds is 4. The Morgan fingerprint density at radius 1 is 0.520 bits per heavy atom. The molecule has 10 rings (SSSR count). The zero-order chi connectivity index (χ0) is 33.2. The normalized spacial score (nSPS) is 16.2. The predicted molar refractivity (Wildman–Crippen MR) is 210 cm³/mol. The smallest absolute Gasteiger partial charge is 0.0722 e. The minimum atomic E-state index is -0.267. The molecule has 2 heteroatoms. The van der Waals surface area contributed by atoms with Crippen molar-refractivity contribution in [3.8, 4) is 33.6 Å². The lowest BCUT2D eigenvalue weighted by Crippen LogP contribution is -2.47. The molecule has 1 atom stereocenters. The molecule has 2 aliphatic rings. The lowest BCUT2D eigenvalue weighted by molar-refractivity contribution is 0.619. The third-order valence-electron chi connectivity index (χ3n) is 10.8. The van der Waals surface area contributed by atoms with E-state index in [2.05, 4.69) is 188 Å². The molecule has 7 aromatic carbocycles. The zero-order valence-corrected chi connectivity index (χ0v) is 27.8. The number of hydrogen-bond donors (Lipinski definition) is 0. The third kappa shape index (κ3) is 4.32. The van der Waals surface area contributed by atoms with Gasteiger partial charge in [0.05, 0.1) is 22.6 Å². The summed E-state index contributed by atoms with van der Waals surface area (Å²) in [6.45, 7) is 2.43. The summed E-state index contributed by atoms with van der Waals surface area (Å²) in [4.78, 5) is 7.96. The van der Waals surface area contributed by atoms with Crippen molar-refractivity contribution in [1.82, 2.24) is 4.98 Å². The molecule has 2 heterocycles. The maximum atomic E-state index is 5.33. The van der Waals surface area contributed by atoms with Crippen LogP contribution >= 0.6 is 0 Å². The van der Waals surface area contributed by atoms with Crippen LogP contribution < -0.4 is 15.3 Å². The van der Waals surface area contributed by atoms with E-state index in [0.29, 0.717) is 0 Å². The summed E-state index contributed by atoms with van der Waals surface area (Å²) < 4.78 is 0. The first-order valence-electron chi connectivity index (χ1n) is 17.4. The van der Waals surface area contributed by atoms with Gasteiger partial charge in [-0.2, -0.15) is 0 Å². The van der Waals surface area contributed by atoms with Crippen LogP contribution in [0.1, 0.15) is 18.9 Å². The summed E-state index contributed by atoms with van der Waals surface area (Å²) in [6.07, 6.45) is 3.35. The van der Waals surface area contributed by atoms with Gasteiger partial charge >= 0.3 is 0 Å². The van der Waals surface area contributed by atoms with Crippen molar-refractivity contribution in [1.29, 1.82) is 0 Å². The lowest BCUT2D eigenvalue weighted by Gasteiger charge is -2.40. The van der Waals surface area contributed by atoms with Gasteiger partial charge in [-0.1, -0.05) is 152 Å². The molecule has 1 aliphatic carbocycles. The van der Waals surface area contributed by atoms with Gasteiger partial charge in [0.1, 0.15) is 0 Å². The van der Waals surface area contributed by atoms with Gasteiger partial charge < -0.3 is 4.90 Å². The Morgan fingerprint density at radius 3 is 1.98 bits per heavy atom. The number of benzene rings is 7. The van der Waals surface area contributed by atoms with Crippen LogP contribution in [0.3, 0.4) is 0 Å². The first kappa shape index (κ1) is 28.7. The molecule has 0 N–H and O–H groups in total. The van der Waals surface area contributed by atoms with E-state index in [1.54, 1.807) is 0 Å². The molecule has 1 aliphatic heterocycles. The van der Waals surface area contributed by atoms with Crippen LogP contribution in [0.25, 0.3) is 66.8 Å². The molecule has 50 heavy (non-hydrogen) atoms. The Kier molecular flexibility index (Phi) is 6.41. The maximum absolute atomic E-state index is 5.33. The molecule has 1 unspecified atom stereocenters. The largest absolute Gasteiger partial charge is 0.330 e. The first-order chi connectivity index (χ1) is 24.7. The predicted octanol–water partition coefficient (Wildman–Crippen LogP) is 10.7. The Hall–Kier alpha value is -6.25. The quantitative estimate of drug-likeness (QED) is 0.191. The van der Waals surface area contributed by atoms with Crippen molar-refractivity contribution in [2.24, 2.45) is 0 Å². The maximum Gasteiger partial charge on any atom is 0.0722 e. The number of fused-ring (bicyclic) bond motifs is 7. The summed E-state index contributed by atoms with van der Waals surface area (Å²) in [5, 5.41) is 7.65. The second kappa shape index (κ2) is 11.1. The number of aromatic nitrogens is 1. The zero-order valence-electron chi connectivity index (χ0n) is 27.8. The van der Waals surface area contributed by atoms with Crippen LogP contribution in [0, 0.1) is 0 Å². The average Bonchev–Trinajstić information content (AvgIpc) is 3.47. The van der Waals surface area contributed by atoms with E-state index in [4.69, 9.17) is 4.98 Å². The Bertz CT molecular complexity index is 2690. The van der Waals surface area contributed by atoms with Crippen LogP contribution in [0.2, 0.25) is 0 Å². The fourth-order valence-corrected chi connectivity index (χ4v) is 8.51. The molecule has 0 radical (unpaired) electrons. The van der Waals surface area contributed by atoms with Crippen LogP contribution in [-0.2, 0) is 0 Å². The van der Waals surface area contributed by atoms with Crippen molar-refractivity contribution < 1.29 is 0 Å². The fraction of sp³-hybridized carbons (Fsp3) is 0.0625. The van der Waals surface area contributed by atoms with Gasteiger partial charge in [-0.05, 0) is 80.9 Å². The summed E-state index contributed by atoms with van der Waals surface area (Å²) >= 11 is 0. The molecule has 236 valence electrons. The topological polar surface area (TPSA) is 16.1 Å². The van der Waals surface area contributed by atoms with Crippen molar-refractivity contribution in [3.63, 3.8) is 0 Å². The second-order valence-electron chi connectivity index (χ2n) is 13.7. The minimum Gasteiger partial charge on any atom is -0.330 e. The van der Waals surface area contributed by atoms with Gasteiger partial charge in [-0.15, -0.1) is 0 Å². The summed E-state index contributed by atoms with van der Waals surface area (Å²) in [5.74, 6) is 0. The first-order valence-corrected chi connectivity index (χ1v) is 17.4. The average molecular weight is 639 g/mol. The lowest BCUT2D eigenvalue weighted by atomic mass is 9.80. The molecule has 1 aromatic heterocycles. The number of nitrogens with zero attached hydrogens (tertiary/aromatic N) is 2. The second-order valence-corrected chi connectivity index (χ2v) is 13.7. The Balaban J connectivity index is 1.23. The third-order valence-corrected chi connectivity index (χ3v) is 10.8. The molecule has 0 bridgehead atoms. The molecular formula is C48H34N2. The van der Waals surface area contributed by atoms with E-state index >= 15 is 0 Å². The summed E-state index contributed by atoms with van der Waals surface area (Å²) in [5.41, 5.74) is 11.5. The highest BCUT2D eigenvalue weighted by Gasteiger charge is 2.47.